The zero-order chi connectivity index (χ0) is 15.5. The van der Waals surface area contributed by atoms with E-state index in [-0.39, 0.29) is 5.91 Å². The molecule has 0 bridgehead atoms. The molecule has 0 saturated carbocycles. The number of ether oxygens (including phenoxy) is 2. The highest BCUT2D eigenvalue weighted by Crippen LogP contribution is 2.28. The van der Waals surface area contributed by atoms with Crippen LogP contribution in [0.25, 0.3) is 10.9 Å². The van der Waals surface area contributed by atoms with Crippen molar-refractivity contribution in [2.24, 2.45) is 0 Å². The fourth-order valence-corrected chi connectivity index (χ4v) is 2.25. The first-order chi connectivity index (χ1) is 10.7. The van der Waals surface area contributed by atoms with Crippen molar-refractivity contribution in [2.45, 2.75) is 0 Å². The van der Waals surface area contributed by atoms with Crippen LogP contribution in [0.5, 0.6) is 11.5 Å². The highest BCUT2D eigenvalue weighted by molar-refractivity contribution is 6.08. The number of para-hydroxylation sites is 1. The van der Waals surface area contributed by atoms with E-state index in [9.17, 15) is 4.79 Å². The summed E-state index contributed by atoms with van der Waals surface area (Å²) in [7, 11) is 3.08. The largest absolute Gasteiger partial charge is 0.493 e. The van der Waals surface area contributed by atoms with Crippen molar-refractivity contribution < 1.29 is 14.3 Å². The molecule has 0 aliphatic carbocycles. The molecule has 3 rings (SSSR count). The summed E-state index contributed by atoms with van der Waals surface area (Å²) in [5.41, 5.74) is 1.94. The number of H-pyrrole nitrogens is 1. The summed E-state index contributed by atoms with van der Waals surface area (Å²) in [4.78, 5) is 12.4. The molecule has 0 atom stereocenters. The molecule has 6 nitrogen and oxygen atoms in total. The number of fused-ring (bicyclic) bond motifs is 1. The lowest BCUT2D eigenvalue weighted by Gasteiger charge is -2.10. The van der Waals surface area contributed by atoms with Crippen LogP contribution in [-0.4, -0.2) is 30.3 Å². The fraction of sp³-hybridized carbons (Fsp3) is 0.125. The van der Waals surface area contributed by atoms with E-state index in [1.807, 2.05) is 18.2 Å². The molecule has 0 aliphatic heterocycles. The number of methoxy groups -OCH3 is 2. The predicted molar refractivity (Wildman–Crippen MR) is 83.6 cm³/mol. The lowest BCUT2D eigenvalue weighted by molar-refractivity contribution is 0.102. The zero-order valence-corrected chi connectivity index (χ0v) is 12.2. The number of rotatable bonds is 4. The van der Waals surface area contributed by atoms with Gasteiger partial charge in [-0.15, -0.1) is 0 Å². The first-order valence-electron chi connectivity index (χ1n) is 6.68. The third kappa shape index (κ3) is 2.46. The number of carbonyl (C=O) groups excluding carboxylic acids is 1. The molecule has 1 aromatic heterocycles. The second-order valence-corrected chi connectivity index (χ2v) is 4.66. The van der Waals surface area contributed by atoms with Crippen LogP contribution >= 0.6 is 0 Å². The molecule has 112 valence electrons. The van der Waals surface area contributed by atoms with E-state index >= 15 is 0 Å². The van der Waals surface area contributed by atoms with Crippen molar-refractivity contribution in [1.82, 2.24) is 10.2 Å². The van der Waals surface area contributed by atoms with E-state index in [0.29, 0.717) is 22.7 Å². The molecule has 1 heterocycles. The summed E-state index contributed by atoms with van der Waals surface area (Å²) >= 11 is 0. The molecule has 0 radical (unpaired) electrons. The monoisotopic (exact) mass is 297 g/mol. The van der Waals surface area contributed by atoms with Gasteiger partial charge in [0.25, 0.3) is 5.91 Å². The summed E-state index contributed by atoms with van der Waals surface area (Å²) in [5.74, 6) is 0.854. The topological polar surface area (TPSA) is 76.2 Å². The maximum absolute atomic E-state index is 12.4. The maximum atomic E-state index is 12.4. The number of carbonyl (C=O) groups is 1. The summed E-state index contributed by atoms with van der Waals surface area (Å²) in [6.45, 7) is 0. The number of hydrogen-bond donors (Lipinski definition) is 2. The van der Waals surface area contributed by atoms with Gasteiger partial charge in [-0.05, 0) is 24.3 Å². The highest BCUT2D eigenvalue weighted by atomic mass is 16.5. The fourth-order valence-electron chi connectivity index (χ4n) is 2.25. The molecule has 1 amide bonds. The van der Waals surface area contributed by atoms with Crippen LogP contribution in [0, 0.1) is 0 Å². The molecule has 2 aromatic carbocycles. The van der Waals surface area contributed by atoms with Gasteiger partial charge in [0, 0.05) is 10.9 Å². The van der Waals surface area contributed by atoms with Crippen LogP contribution < -0.4 is 14.8 Å². The highest BCUT2D eigenvalue weighted by Gasteiger charge is 2.12. The van der Waals surface area contributed by atoms with Crippen molar-refractivity contribution in [2.75, 3.05) is 19.5 Å². The predicted octanol–water partition coefficient (Wildman–Crippen LogP) is 2.83. The van der Waals surface area contributed by atoms with E-state index in [1.165, 1.54) is 7.11 Å². The number of nitrogens with one attached hydrogen (secondary N) is 2. The van der Waals surface area contributed by atoms with Crippen molar-refractivity contribution in [3.05, 3.63) is 48.2 Å². The maximum Gasteiger partial charge on any atom is 0.255 e. The Morgan fingerprint density at radius 1 is 1.14 bits per heavy atom. The Labute approximate surface area is 127 Å². The Morgan fingerprint density at radius 2 is 1.95 bits per heavy atom. The average molecular weight is 297 g/mol. The molecule has 0 spiro atoms. The van der Waals surface area contributed by atoms with E-state index in [1.54, 1.807) is 31.5 Å². The Bertz CT molecular complexity index is 826. The van der Waals surface area contributed by atoms with Gasteiger partial charge in [0.2, 0.25) is 0 Å². The van der Waals surface area contributed by atoms with Gasteiger partial charge in [0.1, 0.15) is 0 Å². The molecule has 0 unspecified atom stereocenters. The van der Waals surface area contributed by atoms with E-state index in [2.05, 4.69) is 15.5 Å². The second-order valence-electron chi connectivity index (χ2n) is 4.66. The van der Waals surface area contributed by atoms with Gasteiger partial charge < -0.3 is 14.8 Å². The van der Waals surface area contributed by atoms with E-state index in [4.69, 9.17) is 9.47 Å². The number of aromatic amines is 1. The van der Waals surface area contributed by atoms with Crippen LogP contribution in [0.3, 0.4) is 0 Å². The number of hydrogen-bond acceptors (Lipinski definition) is 4. The molecule has 6 heteroatoms. The molecular weight excluding hydrogens is 282 g/mol. The van der Waals surface area contributed by atoms with Crippen LogP contribution in [0.4, 0.5) is 5.69 Å². The van der Waals surface area contributed by atoms with Gasteiger partial charge in [-0.1, -0.05) is 12.1 Å². The smallest absolute Gasteiger partial charge is 0.255 e. The zero-order valence-electron chi connectivity index (χ0n) is 12.2. The number of anilines is 1. The van der Waals surface area contributed by atoms with E-state index < -0.39 is 0 Å². The standard InChI is InChI=1S/C16H15N3O3/c1-21-13-7-6-10(8-14(13)22-2)16(20)18-12-5-3-4-11-9-17-19-15(11)12/h3-9H,1-2H3,(H,17,19)(H,18,20). The Morgan fingerprint density at radius 3 is 2.73 bits per heavy atom. The van der Waals surface area contributed by atoms with Crippen LogP contribution in [0.2, 0.25) is 0 Å². The van der Waals surface area contributed by atoms with Gasteiger partial charge in [-0.3, -0.25) is 9.89 Å². The summed E-state index contributed by atoms with van der Waals surface area (Å²) in [6, 6.07) is 10.6. The second kappa shape index (κ2) is 5.77. The first kappa shape index (κ1) is 13.9. The third-order valence-electron chi connectivity index (χ3n) is 3.37. The van der Waals surface area contributed by atoms with Crippen molar-refractivity contribution >= 4 is 22.5 Å². The Balaban J connectivity index is 1.90. The molecule has 3 aromatic rings. The van der Waals surface area contributed by atoms with Gasteiger partial charge in [0.15, 0.2) is 11.5 Å². The normalized spacial score (nSPS) is 10.5. The minimum Gasteiger partial charge on any atom is -0.493 e. The summed E-state index contributed by atoms with van der Waals surface area (Å²) in [6.07, 6.45) is 1.71. The number of nitrogens with zero attached hydrogens (tertiary/aromatic N) is 1. The minimum absolute atomic E-state index is 0.233. The lowest BCUT2D eigenvalue weighted by Crippen LogP contribution is -2.12. The van der Waals surface area contributed by atoms with Gasteiger partial charge in [-0.2, -0.15) is 5.10 Å². The van der Waals surface area contributed by atoms with Crippen molar-refractivity contribution in [3.8, 4) is 11.5 Å². The first-order valence-corrected chi connectivity index (χ1v) is 6.68. The van der Waals surface area contributed by atoms with Crippen molar-refractivity contribution in [3.63, 3.8) is 0 Å². The van der Waals surface area contributed by atoms with Gasteiger partial charge in [0.05, 0.1) is 31.6 Å². The lowest BCUT2D eigenvalue weighted by atomic mass is 10.1. The minimum atomic E-state index is -0.233. The molecule has 22 heavy (non-hydrogen) atoms. The summed E-state index contributed by atoms with van der Waals surface area (Å²) in [5, 5.41) is 10.7. The molecule has 0 saturated heterocycles. The SMILES string of the molecule is COc1ccc(C(=O)Nc2cccc3cn[nH]c23)cc1OC. The van der Waals surface area contributed by atoms with Gasteiger partial charge >= 0.3 is 0 Å². The van der Waals surface area contributed by atoms with E-state index in [0.717, 1.165) is 10.9 Å². The molecule has 0 fully saturated rings. The number of benzene rings is 2. The van der Waals surface area contributed by atoms with Crippen LogP contribution in [0.1, 0.15) is 10.4 Å². The van der Waals surface area contributed by atoms with Crippen LogP contribution in [-0.2, 0) is 0 Å². The van der Waals surface area contributed by atoms with Gasteiger partial charge in [-0.25, -0.2) is 0 Å². The molecule has 0 aliphatic rings. The Hall–Kier alpha value is -3.02. The van der Waals surface area contributed by atoms with Crippen LogP contribution in [0.15, 0.2) is 42.6 Å². The molecule has 2 N–H and O–H groups in total. The number of aromatic nitrogens is 2. The quantitative estimate of drug-likeness (QED) is 0.776. The molecular formula is C16H15N3O3. The third-order valence-corrected chi connectivity index (χ3v) is 3.37. The van der Waals surface area contributed by atoms with Crippen molar-refractivity contribution in [1.29, 1.82) is 0 Å². The summed E-state index contributed by atoms with van der Waals surface area (Å²) < 4.78 is 10.4. The average Bonchev–Trinajstić information content (AvgIpc) is 3.03. The Kier molecular flexibility index (Phi) is 3.65. The number of amides is 1.